The number of methoxy groups -OCH3 is 1. The van der Waals surface area contributed by atoms with E-state index in [1.165, 1.54) is 0 Å². The summed E-state index contributed by atoms with van der Waals surface area (Å²) >= 11 is 0. The molecule has 100 valence electrons. The Balaban J connectivity index is 1.98. The minimum absolute atomic E-state index is 0.0351. The quantitative estimate of drug-likeness (QED) is 0.591. The molecule has 0 aromatic rings. The summed E-state index contributed by atoms with van der Waals surface area (Å²) in [6.07, 6.45) is 2.94. The maximum absolute atomic E-state index is 11.8. The van der Waals surface area contributed by atoms with Crippen molar-refractivity contribution in [1.82, 2.24) is 10.2 Å². The van der Waals surface area contributed by atoms with Crippen molar-refractivity contribution >= 4 is 5.91 Å². The Morgan fingerprint density at radius 2 is 2.18 bits per heavy atom. The molecule has 1 N–H and O–H groups in total. The summed E-state index contributed by atoms with van der Waals surface area (Å²) in [5.41, 5.74) is 0. The van der Waals surface area contributed by atoms with Gasteiger partial charge in [0.05, 0.1) is 19.3 Å². The molecule has 1 amide bonds. The second-order valence-electron chi connectivity index (χ2n) is 4.27. The van der Waals surface area contributed by atoms with E-state index < -0.39 is 0 Å². The molecule has 0 aromatic carbocycles. The summed E-state index contributed by atoms with van der Waals surface area (Å²) < 4.78 is 10.3. The van der Waals surface area contributed by atoms with Gasteiger partial charge in [-0.2, -0.15) is 0 Å². The molecule has 1 rings (SSSR count). The molecule has 1 atom stereocenters. The normalized spacial score (nSPS) is 20.2. The molecule has 1 heterocycles. The summed E-state index contributed by atoms with van der Waals surface area (Å²) in [6.45, 7) is 3.79. The maximum Gasteiger partial charge on any atom is 0.239 e. The summed E-state index contributed by atoms with van der Waals surface area (Å²) in [4.78, 5) is 13.7. The van der Waals surface area contributed by atoms with E-state index in [4.69, 9.17) is 9.47 Å². The van der Waals surface area contributed by atoms with Gasteiger partial charge in [-0.15, -0.1) is 0 Å². The number of hydrogen-bond donors (Lipinski definition) is 1. The lowest BCUT2D eigenvalue weighted by molar-refractivity contribution is -0.129. The molecule has 1 saturated heterocycles. The average Bonchev–Trinajstić information content (AvgIpc) is 2.69. The fourth-order valence-corrected chi connectivity index (χ4v) is 1.98. The minimum atomic E-state index is 0.0351. The maximum atomic E-state index is 11.8. The van der Waals surface area contributed by atoms with Crippen molar-refractivity contribution in [2.75, 3.05) is 47.1 Å². The number of carbonyl (C=O) groups is 1. The number of unbranched alkanes of at least 4 members (excludes halogenated alkanes) is 1. The van der Waals surface area contributed by atoms with Crippen LogP contribution in [0.25, 0.3) is 0 Å². The van der Waals surface area contributed by atoms with Crippen LogP contribution in [0.2, 0.25) is 0 Å². The number of nitrogens with one attached hydrogen (secondary N) is 1. The number of carbonyl (C=O) groups excluding carboxylic acids is 1. The summed E-state index contributed by atoms with van der Waals surface area (Å²) in [7, 11) is 3.51. The Morgan fingerprint density at radius 1 is 1.35 bits per heavy atom. The number of rotatable bonds is 9. The van der Waals surface area contributed by atoms with Crippen LogP contribution in [0.5, 0.6) is 0 Å². The van der Waals surface area contributed by atoms with Gasteiger partial charge in [0.15, 0.2) is 0 Å². The fraction of sp³-hybridized carbons (Fsp3) is 0.917. The second-order valence-corrected chi connectivity index (χ2v) is 4.27. The summed E-state index contributed by atoms with van der Waals surface area (Å²) in [6, 6.07) is 0.0351. The van der Waals surface area contributed by atoms with Crippen LogP contribution in [0.4, 0.5) is 0 Å². The standard InChI is InChI=1S/C12H24N2O3/c1-13-11-5-7-14(12(11)15)6-3-4-8-17-10-9-16-2/h11,13H,3-10H2,1-2H3. The zero-order valence-electron chi connectivity index (χ0n) is 10.9. The number of ether oxygens (including phenoxy) is 2. The Morgan fingerprint density at radius 3 is 2.82 bits per heavy atom. The molecular weight excluding hydrogens is 220 g/mol. The van der Waals surface area contributed by atoms with E-state index in [1.807, 2.05) is 11.9 Å². The molecule has 0 spiro atoms. The molecule has 0 bridgehead atoms. The van der Waals surface area contributed by atoms with Crippen LogP contribution in [-0.2, 0) is 14.3 Å². The average molecular weight is 244 g/mol. The van der Waals surface area contributed by atoms with Crippen molar-refractivity contribution in [3.05, 3.63) is 0 Å². The predicted molar refractivity (Wildman–Crippen MR) is 66.0 cm³/mol. The molecule has 1 aliphatic rings. The molecule has 1 fully saturated rings. The van der Waals surface area contributed by atoms with Crippen LogP contribution >= 0.6 is 0 Å². The highest BCUT2D eigenvalue weighted by Gasteiger charge is 2.29. The predicted octanol–water partition coefficient (Wildman–Crippen LogP) is 0.250. The Kier molecular flexibility index (Phi) is 7.16. The third-order valence-electron chi connectivity index (χ3n) is 3.04. The third kappa shape index (κ3) is 5.02. The highest BCUT2D eigenvalue weighted by atomic mass is 16.5. The van der Waals surface area contributed by atoms with E-state index in [-0.39, 0.29) is 11.9 Å². The first-order valence-corrected chi connectivity index (χ1v) is 6.32. The summed E-state index contributed by atoms with van der Waals surface area (Å²) in [5.74, 6) is 0.243. The molecular formula is C12H24N2O3. The monoisotopic (exact) mass is 244 g/mol. The van der Waals surface area contributed by atoms with Crippen LogP contribution < -0.4 is 5.32 Å². The van der Waals surface area contributed by atoms with Crippen LogP contribution in [0.1, 0.15) is 19.3 Å². The molecule has 5 nitrogen and oxygen atoms in total. The van der Waals surface area contributed by atoms with Crippen molar-refractivity contribution < 1.29 is 14.3 Å². The van der Waals surface area contributed by atoms with E-state index in [0.29, 0.717) is 13.2 Å². The van der Waals surface area contributed by atoms with Crippen molar-refractivity contribution in [2.24, 2.45) is 0 Å². The number of likely N-dealkylation sites (N-methyl/N-ethyl adjacent to an activating group) is 1. The highest BCUT2D eigenvalue weighted by molar-refractivity contribution is 5.83. The van der Waals surface area contributed by atoms with E-state index >= 15 is 0 Å². The van der Waals surface area contributed by atoms with Gasteiger partial charge < -0.3 is 19.7 Å². The lowest BCUT2D eigenvalue weighted by atomic mass is 10.2. The molecule has 1 aliphatic heterocycles. The van der Waals surface area contributed by atoms with Gasteiger partial charge in [-0.25, -0.2) is 0 Å². The van der Waals surface area contributed by atoms with Crippen LogP contribution in [0.15, 0.2) is 0 Å². The van der Waals surface area contributed by atoms with Crippen molar-refractivity contribution in [1.29, 1.82) is 0 Å². The van der Waals surface area contributed by atoms with Gasteiger partial charge in [0.25, 0.3) is 0 Å². The van der Waals surface area contributed by atoms with E-state index in [2.05, 4.69) is 5.32 Å². The van der Waals surface area contributed by atoms with Gasteiger partial charge in [0.2, 0.25) is 5.91 Å². The topological polar surface area (TPSA) is 50.8 Å². The molecule has 17 heavy (non-hydrogen) atoms. The minimum Gasteiger partial charge on any atom is -0.382 e. The van der Waals surface area contributed by atoms with Crippen LogP contribution in [0, 0.1) is 0 Å². The Labute approximate surface area is 103 Å². The van der Waals surface area contributed by atoms with Gasteiger partial charge in [0.1, 0.15) is 0 Å². The van der Waals surface area contributed by atoms with Gasteiger partial charge >= 0.3 is 0 Å². The van der Waals surface area contributed by atoms with Gasteiger partial charge in [-0.1, -0.05) is 0 Å². The first-order chi connectivity index (χ1) is 8.29. The number of amides is 1. The second kappa shape index (κ2) is 8.44. The van der Waals surface area contributed by atoms with Crippen molar-refractivity contribution in [3.8, 4) is 0 Å². The fourth-order valence-electron chi connectivity index (χ4n) is 1.98. The van der Waals surface area contributed by atoms with Gasteiger partial charge in [-0.05, 0) is 26.3 Å². The first kappa shape index (κ1) is 14.4. The first-order valence-electron chi connectivity index (χ1n) is 6.32. The van der Waals surface area contributed by atoms with Crippen LogP contribution in [0.3, 0.4) is 0 Å². The molecule has 1 unspecified atom stereocenters. The molecule has 0 aliphatic carbocycles. The zero-order chi connectivity index (χ0) is 12.5. The Hall–Kier alpha value is -0.650. The third-order valence-corrected chi connectivity index (χ3v) is 3.04. The zero-order valence-corrected chi connectivity index (χ0v) is 10.9. The van der Waals surface area contributed by atoms with E-state index in [0.717, 1.165) is 39.0 Å². The lowest BCUT2D eigenvalue weighted by Crippen LogP contribution is -2.36. The molecule has 0 radical (unpaired) electrons. The molecule has 5 heteroatoms. The SMILES string of the molecule is CNC1CCN(CCCCOCCOC)C1=O. The lowest BCUT2D eigenvalue weighted by Gasteiger charge is -2.16. The number of hydrogen-bond acceptors (Lipinski definition) is 4. The molecule has 0 saturated carbocycles. The van der Waals surface area contributed by atoms with Gasteiger partial charge in [-0.3, -0.25) is 4.79 Å². The smallest absolute Gasteiger partial charge is 0.239 e. The number of likely N-dealkylation sites (tertiary alicyclic amines) is 1. The van der Waals surface area contributed by atoms with E-state index in [1.54, 1.807) is 7.11 Å². The molecule has 0 aromatic heterocycles. The van der Waals surface area contributed by atoms with Crippen molar-refractivity contribution in [2.45, 2.75) is 25.3 Å². The van der Waals surface area contributed by atoms with Crippen molar-refractivity contribution in [3.63, 3.8) is 0 Å². The Bertz CT molecular complexity index is 224. The van der Waals surface area contributed by atoms with Gasteiger partial charge in [0, 0.05) is 26.8 Å². The number of nitrogens with zero attached hydrogens (tertiary/aromatic N) is 1. The van der Waals surface area contributed by atoms with Crippen LogP contribution in [-0.4, -0.2) is 63.9 Å². The largest absolute Gasteiger partial charge is 0.382 e. The van der Waals surface area contributed by atoms with E-state index in [9.17, 15) is 4.79 Å². The highest BCUT2D eigenvalue weighted by Crippen LogP contribution is 2.11. The summed E-state index contributed by atoms with van der Waals surface area (Å²) in [5, 5.41) is 3.04.